The molecule has 2 rings (SSSR count). The fraction of sp³-hybridized carbons (Fsp3) is 0.417. The summed E-state index contributed by atoms with van der Waals surface area (Å²) in [5.74, 6) is 0. The second-order valence-corrected chi connectivity index (χ2v) is 6.44. The van der Waals surface area contributed by atoms with Crippen LogP contribution in [0.5, 0.6) is 0 Å². The third-order valence-corrected chi connectivity index (χ3v) is 5.00. The van der Waals surface area contributed by atoms with E-state index in [-0.39, 0.29) is 23.3 Å². The SMILES string of the molecule is Cc1cc(S(=O)(=O)N2CC[C@H](N)C2)ccc1C#N.Cl. The van der Waals surface area contributed by atoms with E-state index >= 15 is 0 Å². The van der Waals surface area contributed by atoms with Crippen molar-refractivity contribution in [3.63, 3.8) is 0 Å². The Kier molecular flexibility index (Phi) is 4.93. The van der Waals surface area contributed by atoms with Crippen LogP contribution in [0.1, 0.15) is 17.5 Å². The molecule has 5 nitrogen and oxygen atoms in total. The van der Waals surface area contributed by atoms with Crippen LogP contribution >= 0.6 is 12.4 Å². The topological polar surface area (TPSA) is 87.2 Å². The number of halogens is 1. The van der Waals surface area contributed by atoms with Gasteiger partial charge in [-0.1, -0.05) is 0 Å². The van der Waals surface area contributed by atoms with Gasteiger partial charge in [0.1, 0.15) is 0 Å². The third kappa shape index (κ3) is 3.07. The maximum atomic E-state index is 12.3. The van der Waals surface area contributed by atoms with Crippen LogP contribution in [-0.2, 0) is 10.0 Å². The first-order valence-corrected chi connectivity index (χ1v) is 7.15. The van der Waals surface area contributed by atoms with Crippen molar-refractivity contribution < 1.29 is 8.42 Å². The molecule has 1 saturated heterocycles. The number of hydrogen-bond acceptors (Lipinski definition) is 4. The first-order chi connectivity index (χ1) is 8.45. The van der Waals surface area contributed by atoms with Crippen LogP contribution in [-0.4, -0.2) is 31.9 Å². The number of nitrogens with two attached hydrogens (primary N) is 1. The largest absolute Gasteiger partial charge is 0.326 e. The Bertz CT molecular complexity index is 610. The number of benzene rings is 1. The lowest BCUT2D eigenvalue weighted by molar-refractivity contribution is 0.472. The molecule has 1 aliphatic rings. The highest BCUT2D eigenvalue weighted by Crippen LogP contribution is 2.22. The molecule has 104 valence electrons. The predicted molar refractivity (Wildman–Crippen MR) is 74.5 cm³/mol. The van der Waals surface area contributed by atoms with E-state index in [9.17, 15) is 8.42 Å². The molecule has 7 heteroatoms. The van der Waals surface area contributed by atoms with Gasteiger partial charge >= 0.3 is 0 Å². The Balaban J connectivity index is 0.00000180. The quantitative estimate of drug-likeness (QED) is 0.883. The Morgan fingerprint density at radius 3 is 2.63 bits per heavy atom. The van der Waals surface area contributed by atoms with Crippen molar-refractivity contribution in [3.05, 3.63) is 29.3 Å². The van der Waals surface area contributed by atoms with Gasteiger partial charge in [0.15, 0.2) is 0 Å². The lowest BCUT2D eigenvalue weighted by Gasteiger charge is -2.16. The zero-order chi connectivity index (χ0) is 13.3. The fourth-order valence-electron chi connectivity index (χ4n) is 2.04. The molecule has 1 aliphatic heterocycles. The van der Waals surface area contributed by atoms with Crippen molar-refractivity contribution in [2.75, 3.05) is 13.1 Å². The van der Waals surface area contributed by atoms with Crippen molar-refractivity contribution in [2.45, 2.75) is 24.3 Å². The molecule has 0 saturated carbocycles. The van der Waals surface area contributed by atoms with Crippen LogP contribution in [0.25, 0.3) is 0 Å². The van der Waals surface area contributed by atoms with Crippen LogP contribution in [0.4, 0.5) is 0 Å². The normalized spacial score (nSPS) is 19.7. The van der Waals surface area contributed by atoms with Gasteiger partial charge in [0.05, 0.1) is 16.5 Å². The molecular weight excluding hydrogens is 286 g/mol. The van der Waals surface area contributed by atoms with Crippen molar-refractivity contribution in [3.8, 4) is 6.07 Å². The van der Waals surface area contributed by atoms with Crippen LogP contribution < -0.4 is 5.73 Å². The summed E-state index contributed by atoms with van der Waals surface area (Å²) < 4.78 is 26.0. The molecule has 1 heterocycles. The van der Waals surface area contributed by atoms with E-state index in [1.807, 2.05) is 6.07 Å². The second kappa shape index (κ2) is 5.88. The van der Waals surface area contributed by atoms with Gasteiger partial charge in [0, 0.05) is 19.1 Å². The molecule has 0 bridgehead atoms. The molecule has 0 spiro atoms. The number of sulfonamides is 1. The average molecular weight is 302 g/mol. The monoisotopic (exact) mass is 301 g/mol. The van der Waals surface area contributed by atoms with Gasteiger partial charge in [-0.3, -0.25) is 0 Å². The first-order valence-electron chi connectivity index (χ1n) is 5.71. The summed E-state index contributed by atoms with van der Waals surface area (Å²) in [4.78, 5) is 0.230. The molecule has 2 N–H and O–H groups in total. The van der Waals surface area contributed by atoms with E-state index in [2.05, 4.69) is 0 Å². The number of nitrogens with zero attached hydrogens (tertiary/aromatic N) is 2. The van der Waals surface area contributed by atoms with E-state index in [0.717, 1.165) is 0 Å². The summed E-state index contributed by atoms with van der Waals surface area (Å²) in [5, 5.41) is 8.83. The van der Waals surface area contributed by atoms with E-state index < -0.39 is 10.0 Å². The highest BCUT2D eigenvalue weighted by molar-refractivity contribution is 7.89. The minimum Gasteiger partial charge on any atom is -0.326 e. The van der Waals surface area contributed by atoms with E-state index in [4.69, 9.17) is 11.0 Å². The summed E-state index contributed by atoms with van der Waals surface area (Å²) in [5.41, 5.74) is 6.89. The summed E-state index contributed by atoms with van der Waals surface area (Å²) in [6.07, 6.45) is 0.689. The Morgan fingerprint density at radius 2 is 2.16 bits per heavy atom. The highest BCUT2D eigenvalue weighted by Gasteiger charge is 2.30. The number of aryl methyl sites for hydroxylation is 1. The Morgan fingerprint density at radius 1 is 1.47 bits per heavy atom. The molecule has 19 heavy (non-hydrogen) atoms. The number of rotatable bonds is 2. The van der Waals surface area contributed by atoms with Crippen molar-refractivity contribution in [1.82, 2.24) is 4.31 Å². The maximum absolute atomic E-state index is 12.3. The van der Waals surface area contributed by atoms with Gasteiger partial charge in [0.25, 0.3) is 0 Å². The number of hydrogen-bond donors (Lipinski definition) is 1. The summed E-state index contributed by atoms with van der Waals surface area (Å²) >= 11 is 0. The lowest BCUT2D eigenvalue weighted by atomic mass is 10.1. The van der Waals surface area contributed by atoms with Crippen molar-refractivity contribution in [2.24, 2.45) is 5.73 Å². The third-order valence-electron chi connectivity index (χ3n) is 3.14. The summed E-state index contributed by atoms with van der Waals surface area (Å²) in [6.45, 7) is 2.55. The molecule has 0 amide bonds. The van der Waals surface area contributed by atoms with E-state index in [1.165, 1.54) is 22.5 Å². The fourth-order valence-corrected chi connectivity index (χ4v) is 3.64. The van der Waals surface area contributed by atoms with Gasteiger partial charge < -0.3 is 5.73 Å². The first kappa shape index (κ1) is 15.9. The van der Waals surface area contributed by atoms with Gasteiger partial charge in [0.2, 0.25) is 10.0 Å². The molecular formula is C12H16ClN3O2S. The molecule has 0 radical (unpaired) electrons. The summed E-state index contributed by atoms with van der Waals surface area (Å²) in [7, 11) is -3.48. The molecule has 0 aromatic heterocycles. The van der Waals surface area contributed by atoms with Gasteiger partial charge in [-0.2, -0.15) is 9.57 Å². The smallest absolute Gasteiger partial charge is 0.243 e. The zero-order valence-electron chi connectivity index (χ0n) is 10.5. The minimum absolute atomic E-state index is 0. The van der Waals surface area contributed by atoms with Gasteiger partial charge in [-0.05, 0) is 37.1 Å². The Labute approximate surface area is 119 Å². The summed E-state index contributed by atoms with van der Waals surface area (Å²) in [6, 6.07) is 6.49. The van der Waals surface area contributed by atoms with Crippen molar-refractivity contribution >= 4 is 22.4 Å². The second-order valence-electron chi connectivity index (χ2n) is 4.50. The molecule has 0 unspecified atom stereocenters. The lowest BCUT2D eigenvalue weighted by Crippen LogP contribution is -2.32. The zero-order valence-corrected chi connectivity index (χ0v) is 12.2. The molecule has 1 aromatic carbocycles. The number of nitriles is 1. The molecule has 1 aromatic rings. The van der Waals surface area contributed by atoms with Crippen molar-refractivity contribution in [1.29, 1.82) is 5.26 Å². The minimum atomic E-state index is -3.48. The molecule has 0 aliphatic carbocycles. The van der Waals surface area contributed by atoms with Crippen LogP contribution in [0, 0.1) is 18.3 Å². The molecule has 1 atom stereocenters. The van der Waals surface area contributed by atoms with Crippen LogP contribution in [0.2, 0.25) is 0 Å². The van der Waals surface area contributed by atoms with Crippen LogP contribution in [0.15, 0.2) is 23.1 Å². The van der Waals surface area contributed by atoms with E-state index in [1.54, 1.807) is 6.92 Å². The molecule has 1 fully saturated rings. The van der Waals surface area contributed by atoms with E-state index in [0.29, 0.717) is 30.6 Å². The highest BCUT2D eigenvalue weighted by atomic mass is 35.5. The standard InChI is InChI=1S/C12H15N3O2S.ClH/c1-9-6-12(3-2-10(9)7-13)18(16,17)15-5-4-11(14)8-15;/h2-3,6,11H,4-5,8,14H2,1H3;1H/t11-;/m0./s1. The van der Waals surface area contributed by atoms with Gasteiger partial charge in [-0.15, -0.1) is 12.4 Å². The predicted octanol–water partition coefficient (Wildman–Crippen LogP) is 1.01. The average Bonchev–Trinajstić information content (AvgIpc) is 2.76. The Hall–Kier alpha value is -1.13. The maximum Gasteiger partial charge on any atom is 0.243 e. The van der Waals surface area contributed by atoms with Gasteiger partial charge in [-0.25, -0.2) is 8.42 Å². The van der Waals surface area contributed by atoms with Crippen LogP contribution in [0.3, 0.4) is 0 Å².